The lowest BCUT2D eigenvalue weighted by Gasteiger charge is -2.13. The van der Waals surface area contributed by atoms with Gasteiger partial charge in [-0.25, -0.2) is 4.39 Å². The topological polar surface area (TPSA) is 79.4 Å². The molecule has 1 aromatic carbocycles. The molecule has 0 saturated carbocycles. The van der Waals surface area contributed by atoms with E-state index in [4.69, 9.17) is 0 Å². The molecule has 1 aromatic heterocycles. The van der Waals surface area contributed by atoms with Crippen molar-refractivity contribution in [3.8, 4) is 0 Å². The van der Waals surface area contributed by atoms with E-state index in [0.29, 0.717) is 12.8 Å². The zero-order chi connectivity index (χ0) is 19.9. The average Bonchev–Trinajstić information content (AvgIpc) is 2.96. The van der Waals surface area contributed by atoms with Crippen LogP contribution in [0.25, 0.3) is 6.08 Å². The van der Waals surface area contributed by atoms with Crippen molar-refractivity contribution >= 4 is 34.9 Å². The minimum atomic E-state index is -0.483. The molecule has 1 N–H and O–H groups in total. The molecule has 2 aromatic rings. The van der Waals surface area contributed by atoms with E-state index in [9.17, 15) is 18.8 Å². The Labute approximate surface area is 165 Å². The number of benzene rings is 1. The molecule has 6 nitrogen and oxygen atoms in total. The summed E-state index contributed by atoms with van der Waals surface area (Å²) >= 11 is 0.764. The van der Waals surface area contributed by atoms with E-state index in [1.54, 1.807) is 24.5 Å². The lowest BCUT2D eigenvalue weighted by molar-refractivity contribution is -0.124. The van der Waals surface area contributed by atoms with Gasteiger partial charge in [-0.2, -0.15) is 0 Å². The second-order valence-electron chi connectivity index (χ2n) is 6.07. The second kappa shape index (κ2) is 9.27. The summed E-state index contributed by atoms with van der Waals surface area (Å²) in [6.07, 6.45) is 5.59. The number of carbonyl (C=O) groups is 3. The van der Waals surface area contributed by atoms with Crippen molar-refractivity contribution in [2.75, 3.05) is 13.1 Å². The first-order chi connectivity index (χ1) is 13.5. The van der Waals surface area contributed by atoms with E-state index >= 15 is 0 Å². The second-order valence-corrected chi connectivity index (χ2v) is 7.06. The first-order valence-corrected chi connectivity index (χ1v) is 9.52. The number of thioether (sulfide) groups is 1. The number of halogens is 1. The maximum atomic E-state index is 13.7. The predicted octanol–water partition coefficient (Wildman–Crippen LogP) is 3.01. The van der Waals surface area contributed by atoms with Crippen LogP contribution in [0.15, 0.2) is 53.7 Å². The molecule has 8 heteroatoms. The Morgan fingerprint density at radius 2 is 2.04 bits per heavy atom. The van der Waals surface area contributed by atoms with Gasteiger partial charge in [0.15, 0.2) is 0 Å². The van der Waals surface area contributed by atoms with Gasteiger partial charge in [0.05, 0.1) is 4.91 Å². The highest BCUT2D eigenvalue weighted by molar-refractivity contribution is 8.18. The molecular formula is C20H18FN3O3S. The molecule has 0 radical (unpaired) electrons. The third kappa shape index (κ3) is 5.04. The smallest absolute Gasteiger partial charge is 0.293 e. The number of amides is 3. The van der Waals surface area contributed by atoms with Crippen LogP contribution in [0, 0.1) is 5.82 Å². The largest absolute Gasteiger partial charge is 0.354 e. The van der Waals surface area contributed by atoms with Gasteiger partial charge in [0, 0.05) is 37.5 Å². The molecule has 2 heterocycles. The van der Waals surface area contributed by atoms with E-state index in [0.717, 1.165) is 22.2 Å². The van der Waals surface area contributed by atoms with Crippen molar-refractivity contribution in [1.82, 2.24) is 15.2 Å². The van der Waals surface area contributed by atoms with Crippen LogP contribution in [0.3, 0.4) is 0 Å². The summed E-state index contributed by atoms with van der Waals surface area (Å²) in [5, 5.41) is 2.27. The van der Waals surface area contributed by atoms with Crippen molar-refractivity contribution in [3.63, 3.8) is 0 Å². The van der Waals surface area contributed by atoms with Gasteiger partial charge in [0.2, 0.25) is 5.91 Å². The number of nitrogens with zero attached hydrogens (tertiary/aromatic N) is 2. The zero-order valence-electron chi connectivity index (χ0n) is 14.9. The SMILES string of the molecule is O=C(CCc1cccnc1)NCCN1C(=O)S/C(=C\c2ccccc2F)C1=O. The van der Waals surface area contributed by atoms with Crippen LogP contribution in [-0.4, -0.2) is 40.0 Å². The minimum absolute atomic E-state index is 0.0674. The van der Waals surface area contributed by atoms with Gasteiger partial charge < -0.3 is 5.32 Å². The van der Waals surface area contributed by atoms with E-state index < -0.39 is 17.0 Å². The van der Waals surface area contributed by atoms with Crippen molar-refractivity contribution < 1.29 is 18.8 Å². The number of carbonyl (C=O) groups excluding carboxylic acids is 3. The maximum absolute atomic E-state index is 13.7. The first-order valence-electron chi connectivity index (χ1n) is 8.70. The van der Waals surface area contributed by atoms with Crippen molar-refractivity contribution in [1.29, 1.82) is 0 Å². The maximum Gasteiger partial charge on any atom is 0.293 e. The summed E-state index contributed by atoms with van der Waals surface area (Å²) in [7, 11) is 0. The summed E-state index contributed by atoms with van der Waals surface area (Å²) in [5.74, 6) is -1.12. The zero-order valence-corrected chi connectivity index (χ0v) is 15.7. The van der Waals surface area contributed by atoms with Gasteiger partial charge in [-0.15, -0.1) is 0 Å². The van der Waals surface area contributed by atoms with Gasteiger partial charge >= 0.3 is 0 Å². The van der Waals surface area contributed by atoms with Crippen LogP contribution in [0.5, 0.6) is 0 Å². The lowest BCUT2D eigenvalue weighted by atomic mass is 10.1. The number of pyridine rings is 1. The summed E-state index contributed by atoms with van der Waals surface area (Å²) in [6, 6.07) is 9.73. The Kier molecular flexibility index (Phi) is 6.54. The fourth-order valence-electron chi connectivity index (χ4n) is 2.63. The van der Waals surface area contributed by atoms with Gasteiger partial charge in [0.1, 0.15) is 5.82 Å². The molecule has 0 atom stereocenters. The standard InChI is InChI=1S/C20H18FN3O3S/c21-16-6-2-1-5-15(16)12-17-19(26)24(20(27)28-17)11-10-23-18(25)8-7-14-4-3-9-22-13-14/h1-6,9,12-13H,7-8,10-11H2,(H,23,25)/b17-12-. The third-order valence-corrected chi connectivity index (χ3v) is 4.99. The Morgan fingerprint density at radius 3 is 2.79 bits per heavy atom. The van der Waals surface area contributed by atoms with Crippen LogP contribution in [0.1, 0.15) is 17.5 Å². The lowest BCUT2D eigenvalue weighted by Crippen LogP contribution is -2.37. The van der Waals surface area contributed by atoms with Crippen molar-refractivity contribution in [2.45, 2.75) is 12.8 Å². The molecule has 144 valence electrons. The molecule has 1 aliphatic rings. The number of hydrogen-bond donors (Lipinski definition) is 1. The molecule has 0 unspecified atom stereocenters. The number of aromatic nitrogens is 1. The fourth-order valence-corrected chi connectivity index (χ4v) is 3.48. The Morgan fingerprint density at radius 1 is 1.21 bits per heavy atom. The molecule has 0 bridgehead atoms. The normalized spacial score (nSPS) is 15.3. The highest BCUT2D eigenvalue weighted by Gasteiger charge is 2.34. The molecular weight excluding hydrogens is 381 g/mol. The Bertz CT molecular complexity index is 918. The van der Waals surface area contributed by atoms with Crippen LogP contribution in [-0.2, 0) is 16.0 Å². The summed E-state index contributed by atoms with van der Waals surface area (Å²) < 4.78 is 13.7. The molecule has 1 fully saturated rings. The molecule has 1 saturated heterocycles. The van der Waals surface area contributed by atoms with Crippen LogP contribution < -0.4 is 5.32 Å². The fraction of sp³-hybridized carbons (Fsp3) is 0.200. The number of hydrogen-bond acceptors (Lipinski definition) is 5. The van der Waals surface area contributed by atoms with E-state index in [1.165, 1.54) is 18.2 Å². The number of aryl methyl sites for hydroxylation is 1. The molecule has 3 rings (SSSR count). The van der Waals surface area contributed by atoms with Crippen molar-refractivity contribution in [3.05, 3.63) is 70.6 Å². The van der Waals surface area contributed by atoms with Crippen molar-refractivity contribution in [2.24, 2.45) is 0 Å². The molecule has 0 aliphatic carbocycles. The monoisotopic (exact) mass is 399 g/mol. The summed E-state index contributed by atoms with van der Waals surface area (Å²) in [5.41, 5.74) is 1.21. The number of rotatable bonds is 7. The molecule has 28 heavy (non-hydrogen) atoms. The first kappa shape index (κ1) is 19.8. The molecule has 3 amide bonds. The van der Waals surface area contributed by atoms with Crippen LogP contribution >= 0.6 is 11.8 Å². The Balaban J connectivity index is 1.49. The summed E-state index contributed by atoms with van der Waals surface area (Å²) in [4.78, 5) is 41.6. The predicted molar refractivity (Wildman–Crippen MR) is 105 cm³/mol. The molecule has 1 aliphatic heterocycles. The van der Waals surface area contributed by atoms with E-state index in [-0.39, 0.29) is 29.5 Å². The molecule has 0 spiro atoms. The van der Waals surface area contributed by atoms with Gasteiger partial charge in [-0.05, 0) is 42.0 Å². The van der Waals surface area contributed by atoms with Gasteiger partial charge in [-0.3, -0.25) is 24.3 Å². The van der Waals surface area contributed by atoms with Crippen LogP contribution in [0.4, 0.5) is 9.18 Å². The Hall–Kier alpha value is -3.00. The van der Waals surface area contributed by atoms with Gasteiger partial charge in [-0.1, -0.05) is 24.3 Å². The van der Waals surface area contributed by atoms with E-state index in [2.05, 4.69) is 10.3 Å². The highest BCUT2D eigenvalue weighted by Crippen LogP contribution is 2.32. The average molecular weight is 399 g/mol. The van der Waals surface area contributed by atoms with Gasteiger partial charge in [0.25, 0.3) is 11.1 Å². The van der Waals surface area contributed by atoms with Crippen LogP contribution in [0.2, 0.25) is 0 Å². The van der Waals surface area contributed by atoms with E-state index in [1.807, 2.05) is 12.1 Å². The quantitative estimate of drug-likeness (QED) is 0.724. The number of imide groups is 1. The third-order valence-electron chi connectivity index (χ3n) is 4.09. The number of nitrogens with one attached hydrogen (secondary N) is 1. The summed E-state index contributed by atoms with van der Waals surface area (Å²) in [6.45, 7) is 0.231. The highest BCUT2D eigenvalue weighted by atomic mass is 32.2. The minimum Gasteiger partial charge on any atom is -0.354 e.